The zero-order valence-corrected chi connectivity index (χ0v) is 7.93. The Kier molecular flexibility index (Phi) is 5.51. The highest BCUT2D eigenvalue weighted by Crippen LogP contribution is 2.11. The Bertz CT molecular complexity index is 210. The molecular weight excluding hydrogens is 174 g/mol. The molecule has 0 fully saturated rings. The first-order valence-electron chi connectivity index (χ1n) is 3.78. The van der Waals surface area contributed by atoms with Gasteiger partial charge in [0.2, 0.25) is 0 Å². The maximum atomic E-state index is 5.43. The van der Waals surface area contributed by atoms with Crippen LogP contribution in [0, 0.1) is 0 Å². The summed E-state index contributed by atoms with van der Waals surface area (Å²) in [5, 5.41) is 0. The van der Waals surface area contributed by atoms with Crippen molar-refractivity contribution in [1.82, 2.24) is 0 Å². The molecule has 0 heterocycles. The number of benzene rings is 1. The van der Waals surface area contributed by atoms with Gasteiger partial charge in [-0.15, -0.1) is 12.4 Å². The second kappa shape index (κ2) is 5.86. The van der Waals surface area contributed by atoms with Gasteiger partial charge in [-0.05, 0) is 24.6 Å². The Hall–Kier alpha value is -0.730. The van der Waals surface area contributed by atoms with E-state index in [0.717, 1.165) is 11.3 Å². The Labute approximate surface area is 79.1 Å². The van der Waals surface area contributed by atoms with Crippen LogP contribution < -0.4 is 10.5 Å². The number of nitrogens with two attached hydrogens (primary N) is 1. The lowest BCUT2D eigenvalue weighted by atomic mass is 10.2. The van der Waals surface area contributed by atoms with E-state index in [1.807, 2.05) is 31.2 Å². The molecule has 1 aromatic rings. The molecule has 0 amide bonds. The summed E-state index contributed by atoms with van der Waals surface area (Å²) in [5.41, 5.74) is 6.57. The van der Waals surface area contributed by atoms with Gasteiger partial charge in [-0.25, -0.2) is 0 Å². The molecule has 2 nitrogen and oxygen atoms in total. The first-order chi connectivity index (χ1) is 5.36. The van der Waals surface area contributed by atoms with Crippen molar-refractivity contribution in [2.24, 2.45) is 5.73 Å². The smallest absolute Gasteiger partial charge is 0.119 e. The Balaban J connectivity index is 0.00000121. The average Bonchev–Trinajstić information content (AvgIpc) is 2.07. The summed E-state index contributed by atoms with van der Waals surface area (Å²) in [4.78, 5) is 0. The van der Waals surface area contributed by atoms with Gasteiger partial charge in [-0.3, -0.25) is 0 Å². The largest absolute Gasteiger partial charge is 0.494 e. The highest BCUT2D eigenvalue weighted by molar-refractivity contribution is 5.85. The van der Waals surface area contributed by atoms with E-state index >= 15 is 0 Å². The summed E-state index contributed by atoms with van der Waals surface area (Å²) in [6, 6.07) is 7.83. The molecule has 0 bridgehead atoms. The maximum absolute atomic E-state index is 5.43. The molecule has 12 heavy (non-hydrogen) atoms. The van der Waals surface area contributed by atoms with Crippen molar-refractivity contribution in [2.45, 2.75) is 13.5 Å². The number of hydrogen-bond donors (Lipinski definition) is 1. The molecule has 0 aliphatic heterocycles. The molecule has 0 saturated carbocycles. The third-order valence-electron chi connectivity index (χ3n) is 1.47. The van der Waals surface area contributed by atoms with Crippen LogP contribution in [0.4, 0.5) is 0 Å². The van der Waals surface area contributed by atoms with E-state index in [4.69, 9.17) is 10.5 Å². The van der Waals surface area contributed by atoms with Crippen LogP contribution in [0.3, 0.4) is 0 Å². The summed E-state index contributed by atoms with van der Waals surface area (Å²) in [6.07, 6.45) is 0. The Morgan fingerprint density at radius 3 is 2.25 bits per heavy atom. The van der Waals surface area contributed by atoms with Crippen molar-refractivity contribution >= 4 is 12.4 Å². The van der Waals surface area contributed by atoms with E-state index in [9.17, 15) is 0 Å². The molecule has 0 spiro atoms. The first-order valence-corrected chi connectivity index (χ1v) is 3.78. The van der Waals surface area contributed by atoms with Gasteiger partial charge in [0, 0.05) is 6.54 Å². The molecule has 0 saturated heterocycles. The maximum Gasteiger partial charge on any atom is 0.119 e. The van der Waals surface area contributed by atoms with Crippen molar-refractivity contribution < 1.29 is 4.74 Å². The molecule has 0 radical (unpaired) electrons. The lowest BCUT2D eigenvalue weighted by Crippen LogP contribution is -1.96. The van der Waals surface area contributed by atoms with E-state index in [-0.39, 0.29) is 12.4 Å². The van der Waals surface area contributed by atoms with Crippen LogP contribution in [-0.4, -0.2) is 6.61 Å². The fourth-order valence-corrected chi connectivity index (χ4v) is 0.888. The number of hydrogen-bond acceptors (Lipinski definition) is 2. The van der Waals surface area contributed by atoms with Crippen molar-refractivity contribution in [3.05, 3.63) is 29.8 Å². The Morgan fingerprint density at radius 1 is 1.25 bits per heavy atom. The minimum Gasteiger partial charge on any atom is -0.494 e. The zero-order valence-electron chi connectivity index (χ0n) is 7.12. The standard InChI is InChI=1S/C9H13NO.ClH/c1-2-11-9-5-3-8(7-10)4-6-9;/h3-6H,2,7,10H2,1H3;1H. The third-order valence-corrected chi connectivity index (χ3v) is 1.47. The normalized spacial score (nSPS) is 8.83. The lowest BCUT2D eigenvalue weighted by Gasteiger charge is -2.02. The van der Waals surface area contributed by atoms with Gasteiger partial charge in [0.1, 0.15) is 5.75 Å². The summed E-state index contributed by atoms with van der Waals surface area (Å²) in [7, 11) is 0. The van der Waals surface area contributed by atoms with E-state index in [1.165, 1.54) is 0 Å². The Morgan fingerprint density at radius 2 is 1.83 bits per heavy atom. The fraction of sp³-hybridized carbons (Fsp3) is 0.333. The topological polar surface area (TPSA) is 35.2 Å². The molecule has 0 aromatic heterocycles. The lowest BCUT2D eigenvalue weighted by molar-refractivity contribution is 0.340. The van der Waals surface area contributed by atoms with Crippen LogP contribution in [0.15, 0.2) is 24.3 Å². The summed E-state index contributed by atoms with van der Waals surface area (Å²) in [5.74, 6) is 0.907. The van der Waals surface area contributed by atoms with E-state index in [1.54, 1.807) is 0 Å². The summed E-state index contributed by atoms with van der Waals surface area (Å²) in [6.45, 7) is 3.27. The second-order valence-corrected chi connectivity index (χ2v) is 2.28. The van der Waals surface area contributed by atoms with Crippen molar-refractivity contribution in [3.8, 4) is 5.75 Å². The summed E-state index contributed by atoms with van der Waals surface area (Å²) < 4.78 is 5.26. The highest BCUT2D eigenvalue weighted by Gasteiger charge is 1.90. The van der Waals surface area contributed by atoms with Crippen LogP contribution in [0.2, 0.25) is 0 Å². The monoisotopic (exact) mass is 187 g/mol. The van der Waals surface area contributed by atoms with Gasteiger partial charge in [-0.2, -0.15) is 0 Å². The van der Waals surface area contributed by atoms with Crippen LogP contribution in [0.1, 0.15) is 12.5 Å². The van der Waals surface area contributed by atoms with Gasteiger partial charge >= 0.3 is 0 Å². The first kappa shape index (κ1) is 11.3. The van der Waals surface area contributed by atoms with E-state index in [0.29, 0.717) is 13.2 Å². The quantitative estimate of drug-likeness (QED) is 0.786. The molecule has 68 valence electrons. The predicted molar refractivity (Wildman–Crippen MR) is 52.8 cm³/mol. The average molecular weight is 188 g/mol. The van der Waals surface area contributed by atoms with E-state index in [2.05, 4.69) is 0 Å². The minimum absolute atomic E-state index is 0. The molecule has 0 atom stereocenters. The highest BCUT2D eigenvalue weighted by atomic mass is 35.5. The van der Waals surface area contributed by atoms with Gasteiger partial charge < -0.3 is 10.5 Å². The molecule has 3 heteroatoms. The van der Waals surface area contributed by atoms with Crippen LogP contribution in [-0.2, 0) is 6.54 Å². The molecule has 0 aliphatic rings. The number of rotatable bonds is 3. The minimum atomic E-state index is 0. The van der Waals surface area contributed by atoms with Crippen LogP contribution in [0.5, 0.6) is 5.75 Å². The second-order valence-electron chi connectivity index (χ2n) is 2.28. The molecule has 1 rings (SSSR count). The molecular formula is C9H14ClNO. The van der Waals surface area contributed by atoms with Crippen molar-refractivity contribution in [1.29, 1.82) is 0 Å². The SMILES string of the molecule is CCOc1ccc(CN)cc1.Cl. The molecule has 0 aliphatic carbocycles. The van der Waals surface area contributed by atoms with Crippen LogP contribution in [0.25, 0.3) is 0 Å². The third kappa shape index (κ3) is 3.11. The van der Waals surface area contributed by atoms with Crippen molar-refractivity contribution in [3.63, 3.8) is 0 Å². The van der Waals surface area contributed by atoms with Gasteiger partial charge in [0.25, 0.3) is 0 Å². The van der Waals surface area contributed by atoms with Crippen molar-refractivity contribution in [2.75, 3.05) is 6.61 Å². The zero-order chi connectivity index (χ0) is 8.10. The van der Waals surface area contributed by atoms with Gasteiger partial charge in [0.15, 0.2) is 0 Å². The van der Waals surface area contributed by atoms with Crippen LogP contribution >= 0.6 is 12.4 Å². The van der Waals surface area contributed by atoms with E-state index < -0.39 is 0 Å². The molecule has 2 N–H and O–H groups in total. The summed E-state index contributed by atoms with van der Waals surface area (Å²) >= 11 is 0. The fourth-order valence-electron chi connectivity index (χ4n) is 0.888. The molecule has 1 aromatic carbocycles. The number of ether oxygens (including phenoxy) is 1. The predicted octanol–water partition coefficient (Wildman–Crippen LogP) is 1.97. The number of halogens is 1. The van der Waals surface area contributed by atoms with Gasteiger partial charge in [0.05, 0.1) is 6.61 Å². The molecule has 0 unspecified atom stereocenters. The van der Waals surface area contributed by atoms with Gasteiger partial charge in [-0.1, -0.05) is 12.1 Å².